The Kier molecular flexibility index (Phi) is 5.42. The number of benzene rings is 2. The molecule has 0 aliphatic rings. The van der Waals surface area contributed by atoms with E-state index in [1.54, 1.807) is 43.6 Å². The minimum Gasteiger partial charge on any atom is -0.495 e. The van der Waals surface area contributed by atoms with E-state index < -0.39 is 0 Å². The Balaban J connectivity index is 2.09. The lowest BCUT2D eigenvalue weighted by molar-refractivity contribution is 0.104. The fraction of sp³-hybridized carbons (Fsp3) is 0.0625. The second kappa shape index (κ2) is 7.29. The number of carbonyl (C=O) groups excluding carboxylic acids is 1. The Morgan fingerprint density at radius 3 is 2.81 bits per heavy atom. The average Bonchev–Trinajstić information content (AvgIpc) is 2.47. The average molecular weight is 367 g/mol. The lowest BCUT2D eigenvalue weighted by atomic mass is 10.1. The second-order valence-electron chi connectivity index (χ2n) is 4.20. The lowest BCUT2D eigenvalue weighted by Gasteiger charge is -2.08. The molecule has 5 heteroatoms. The molecule has 2 aromatic carbocycles. The van der Waals surface area contributed by atoms with Crippen molar-refractivity contribution in [3.8, 4) is 5.75 Å². The van der Waals surface area contributed by atoms with Crippen LogP contribution in [0.5, 0.6) is 5.75 Å². The van der Waals surface area contributed by atoms with E-state index >= 15 is 0 Å². The zero-order chi connectivity index (χ0) is 15.2. The summed E-state index contributed by atoms with van der Waals surface area (Å²) in [6.45, 7) is 0. The van der Waals surface area contributed by atoms with E-state index in [0.29, 0.717) is 22.0 Å². The minimum absolute atomic E-state index is 0.0928. The van der Waals surface area contributed by atoms with Crippen molar-refractivity contribution in [1.29, 1.82) is 0 Å². The molecule has 0 amide bonds. The number of carbonyl (C=O) groups is 1. The number of hydrogen-bond acceptors (Lipinski definition) is 3. The Morgan fingerprint density at radius 2 is 2.10 bits per heavy atom. The third kappa shape index (κ3) is 4.34. The summed E-state index contributed by atoms with van der Waals surface area (Å²) in [6, 6.07) is 12.4. The van der Waals surface area contributed by atoms with E-state index in [4.69, 9.17) is 16.3 Å². The van der Waals surface area contributed by atoms with Gasteiger partial charge in [0, 0.05) is 27.3 Å². The normalized spacial score (nSPS) is 10.6. The van der Waals surface area contributed by atoms with Gasteiger partial charge in [0.15, 0.2) is 5.78 Å². The van der Waals surface area contributed by atoms with Crippen molar-refractivity contribution < 1.29 is 9.53 Å². The molecule has 2 rings (SSSR count). The molecule has 0 saturated heterocycles. The number of allylic oxidation sites excluding steroid dienone is 1. The predicted octanol–water partition coefficient (Wildman–Crippen LogP) is 4.92. The van der Waals surface area contributed by atoms with E-state index in [2.05, 4.69) is 21.2 Å². The van der Waals surface area contributed by atoms with E-state index in [-0.39, 0.29) is 5.78 Å². The van der Waals surface area contributed by atoms with Gasteiger partial charge in [-0.3, -0.25) is 4.79 Å². The summed E-state index contributed by atoms with van der Waals surface area (Å²) in [4.78, 5) is 12.0. The fourth-order valence-corrected chi connectivity index (χ4v) is 2.31. The molecular formula is C16H13BrClNO2. The maximum atomic E-state index is 12.0. The highest BCUT2D eigenvalue weighted by molar-refractivity contribution is 9.10. The lowest BCUT2D eigenvalue weighted by Crippen LogP contribution is -1.97. The van der Waals surface area contributed by atoms with Crippen LogP contribution in [0.25, 0.3) is 0 Å². The summed E-state index contributed by atoms with van der Waals surface area (Å²) in [5.74, 6) is 0.559. The third-order valence-electron chi connectivity index (χ3n) is 2.74. The third-order valence-corrected chi connectivity index (χ3v) is 3.47. The zero-order valence-corrected chi connectivity index (χ0v) is 13.6. The van der Waals surface area contributed by atoms with Crippen molar-refractivity contribution in [2.24, 2.45) is 0 Å². The standard InChI is InChI=1S/C16H13BrClNO2/c1-21-16-6-5-13(18)10-14(16)19-8-7-15(20)11-3-2-4-12(17)9-11/h2-10,19H,1H3/b8-7+. The summed E-state index contributed by atoms with van der Waals surface area (Å²) < 4.78 is 6.08. The van der Waals surface area contributed by atoms with Crippen molar-refractivity contribution in [2.75, 3.05) is 12.4 Å². The van der Waals surface area contributed by atoms with Crippen molar-refractivity contribution in [3.05, 3.63) is 69.8 Å². The summed E-state index contributed by atoms with van der Waals surface area (Å²) in [6.07, 6.45) is 3.03. The van der Waals surface area contributed by atoms with Crippen LogP contribution in [0.1, 0.15) is 10.4 Å². The molecule has 0 heterocycles. The van der Waals surface area contributed by atoms with E-state index in [1.165, 1.54) is 6.08 Å². The van der Waals surface area contributed by atoms with Crippen LogP contribution < -0.4 is 10.1 Å². The molecule has 2 aromatic rings. The van der Waals surface area contributed by atoms with Crippen molar-refractivity contribution in [3.63, 3.8) is 0 Å². The van der Waals surface area contributed by atoms with Gasteiger partial charge in [0.05, 0.1) is 12.8 Å². The number of anilines is 1. The van der Waals surface area contributed by atoms with Crippen molar-refractivity contribution in [2.45, 2.75) is 0 Å². The number of ketones is 1. The highest BCUT2D eigenvalue weighted by Crippen LogP contribution is 2.27. The van der Waals surface area contributed by atoms with Crippen LogP contribution in [0.15, 0.2) is 59.2 Å². The Bertz CT molecular complexity index is 686. The monoisotopic (exact) mass is 365 g/mol. The highest BCUT2D eigenvalue weighted by atomic mass is 79.9. The maximum absolute atomic E-state index is 12.0. The predicted molar refractivity (Wildman–Crippen MR) is 89.2 cm³/mol. The number of hydrogen-bond donors (Lipinski definition) is 1. The molecule has 0 unspecified atom stereocenters. The molecule has 108 valence electrons. The van der Waals surface area contributed by atoms with E-state index in [0.717, 1.165) is 4.47 Å². The second-order valence-corrected chi connectivity index (χ2v) is 5.55. The molecule has 0 radical (unpaired) electrons. The molecule has 0 saturated carbocycles. The maximum Gasteiger partial charge on any atom is 0.187 e. The SMILES string of the molecule is COc1ccc(Cl)cc1N/C=C/C(=O)c1cccc(Br)c1. The van der Waals surface area contributed by atoms with Crippen LogP contribution in [0.3, 0.4) is 0 Å². The minimum atomic E-state index is -0.0928. The molecular weight excluding hydrogens is 354 g/mol. The Labute approximate surface area is 136 Å². The quantitative estimate of drug-likeness (QED) is 0.603. The van der Waals surface area contributed by atoms with Crippen LogP contribution in [0.4, 0.5) is 5.69 Å². The van der Waals surface area contributed by atoms with Gasteiger partial charge in [-0.05, 0) is 30.3 Å². The van der Waals surface area contributed by atoms with Gasteiger partial charge >= 0.3 is 0 Å². The molecule has 0 atom stereocenters. The van der Waals surface area contributed by atoms with Gasteiger partial charge in [0.1, 0.15) is 5.75 Å². The number of methoxy groups -OCH3 is 1. The van der Waals surface area contributed by atoms with Crippen LogP contribution in [-0.2, 0) is 0 Å². The zero-order valence-electron chi connectivity index (χ0n) is 11.3. The van der Waals surface area contributed by atoms with Crippen LogP contribution in [0.2, 0.25) is 5.02 Å². The number of ether oxygens (including phenoxy) is 1. The molecule has 0 aliphatic carbocycles. The summed E-state index contributed by atoms with van der Waals surface area (Å²) >= 11 is 9.28. The van der Waals surface area contributed by atoms with E-state index in [1.807, 2.05) is 12.1 Å². The van der Waals surface area contributed by atoms with Crippen molar-refractivity contribution in [1.82, 2.24) is 0 Å². The molecule has 0 spiro atoms. The van der Waals surface area contributed by atoms with Gasteiger partial charge in [0.2, 0.25) is 0 Å². The first-order chi connectivity index (χ1) is 10.1. The number of rotatable bonds is 5. The van der Waals surface area contributed by atoms with Crippen LogP contribution in [-0.4, -0.2) is 12.9 Å². The number of nitrogens with one attached hydrogen (secondary N) is 1. The molecule has 0 aromatic heterocycles. The number of halogens is 2. The molecule has 0 bridgehead atoms. The van der Waals surface area contributed by atoms with Gasteiger partial charge in [-0.2, -0.15) is 0 Å². The molecule has 3 nitrogen and oxygen atoms in total. The Hall–Kier alpha value is -1.78. The Morgan fingerprint density at radius 1 is 1.29 bits per heavy atom. The van der Waals surface area contributed by atoms with Crippen LogP contribution >= 0.6 is 27.5 Å². The first-order valence-corrected chi connectivity index (χ1v) is 7.34. The summed E-state index contributed by atoms with van der Waals surface area (Å²) in [5.41, 5.74) is 1.31. The first-order valence-electron chi connectivity index (χ1n) is 6.16. The van der Waals surface area contributed by atoms with E-state index in [9.17, 15) is 4.79 Å². The van der Waals surface area contributed by atoms with Gasteiger partial charge < -0.3 is 10.1 Å². The van der Waals surface area contributed by atoms with Crippen LogP contribution in [0, 0.1) is 0 Å². The molecule has 0 fully saturated rings. The van der Waals surface area contributed by atoms with Gasteiger partial charge in [-0.25, -0.2) is 0 Å². The first kappa shape index (κ1) is 15.6. The van der Waals surface area contributed by atoms with Crippen molar-refractivity contribution >= 4 is 39.0 Å². The topological polar surface area (TPSA) is 38.3 Å². The molecule has 1 N–H and O–H groups in total. The van der Waals surface area contributed by atoms with Gasteiger partial charge in [-0.15, -0.1) is 0 Å². The van der Waals surface area contributed by atoms with Gasteiger partial charge in [0.25, 0.3) is 0 Å². The molecule has 0 aliphatic heterocycles. The van der Waals surface area contributed by atoms with Gasteiger partial charge in [-0.1, -0.05) is 39.7 Å². The summed E-state index contributed by atoms with van der Waals surface area (Å²) in [5, 5.41) is 3.59. The molecule has 21 heavy (non-hydrogen) atoms. The summed E-state index contributed by atoms with van der Waals surface area (Å²) in [7, 11) is 1.57. The smallest absolute Gasteiger partial charge is 0.187 e. The highest BCUT2D eigenvalue weighted by Gasteiger charge is 2.03. The largest absolute Gasteiger partial charge is 0.495 e. The fourth-order valence-electron chi connectivity index (χ4n) is 1.74.